The topological polar surface area (TPSA) is 205 Å². The first kappa shape index (κ1) is 42.7. The average molecular weight is 754 g/mol. The van der Waals surface area contributed by atoms with Crippen molar-refractivity contribution in [3.8, 4) is 5.75 Å². The van der Waals surface area contributed by atoms with E-state index in [-0.39, 0.29) is 11.2 Å². The Kier molecular flexibility index (Phi) is 15.2. The fourth-order valence-corrected chi connectivity index (χ4v) is 4.84. The number of fused-ring (bicyclic) bond motifs is 2. The van der Waals surface area contributed by atoms with Gasteiger partial charge in [-0.1, -0.05) is 0 Å². The van der Waals surface area contributed by atoms with Crippen molar-refractivity contribution in [3.05, 3.63) is 41.5 Å². The van der Waals surface area contributed by atoms with Gasteiger partial charge in [-0.15, -0.1) is 0 Å². The molecular weight excluding hydrogens is 721 g/mol. The van der Waals surface area contributed by atoms with Crippen molar-refractivity contribution in [1.82, 2.24) is 19.9 Å². The van der Waals surface area contributed by atoms with E-state index in [2.05, 4.69) is 20.2 Å². The van der Waals surface area contributed by atoms with Gasteiger partial charge in [0, 0.05) is 50.8 Å². The highest BCUT2D eigenvalue weighted by Crippen LogP contribution is 2.40. The molecule has 1 atom stereocenters. The Hall–Kier alpha value is -4.51. The summed E-state index contributed by atoms with van der Waals surface area (Å²) in [6.07, 6.45) is -8.45. The van der Waals surface area contributed by atoms with E-state index in [1.807, 2.05) is 6.20 Å². The molecule has 2 saturated heterocycles. The van der Waals surface area contributed by atoms with Crippen LogP contribution in [0.25, 0.3) is 0 Å². The quantitative estimate of drug-likeness (QED) is 0.274. The summed E-state index contributed by atoms with van der Waals surface area (Å²) in [5.74, 6) is -6.70. The lowest BCUT2D eigenvalue weighted by Crippen LogP contribution is -2.40. The molecule has 0 aliphatic carbocycles. The first-order valence-corrected chi connectivity index (χ1v) is 14.6. The molecule has 0 radical (unpaired) electrons. The molecule has 2 aromatic heterocycles. The monoisotopic (exact) mass is 753 g/mol. The number of alkyl halides is 9. The average Bonchev–Trinajstić information content (AvgIpc) is 3.44. The number of hydrogen-bond acceptors (Lipinski definition) is 11. The fraction of sp³-hybridized carbons (Fsp3) is 0.571. The Bertz CT molecular complexity index is 1420. The summed E-state index contributed by atoms with van der Waals surface area (Å²) in [6, 6.07) is 3.44. The number of hydrogen-bond donors (Lipinski definition) is 5. The molecule has 2 aromatic rings. The lowest BCUT2D eigenvalue weighted by molar-refractivity contribution is -0.193. The highest BCUT2D eigenvalue weighted by Gasteiger charge is 2.45. The zero-order valence-electron chi connectivity index (χ0n) is 26.2. The molecule has 5 N–H and O–H groups in total. The SMILES string of the molecule is O=C(O)C(F)(F)F.O=C(O)C(F)(F)F.O=C(O)C(F)(F)F.Oc1cccnc1CN1CCC2(COCc3cnc(NCC4CCOCC4)nc32)C1. The molecule has 1 spiro atoms. The number of pyridine rings is 1. The maximum absolute atomic E-state index is 10.6. The number of carbonyl (C=O) groups is 3. The number of rotatable bonds is 5. The van der Waals surface area contributed by atoms with Crippen LogP contribution in [0.5, 0.6) is 5.75 Å². The van der Waals surface area contributed by atoms with Crippen LogP contribution in [0.3, 0.4) is 0 Å². The third-order valence-electron chi connectivity index (χ3n) is 7.29. The van der Waals surface area contributed by atoms with E-state index < -0.39 is 36.4 Å². The first-order chi connectivity index (χ1) is 23.5. The largest absolute Gasteiger partial charge is 0.506 e. The molecule has 51 heavy (non-hydrogen) atoms. The van der Waals surface area contributed by atoms with Crippen LogP contribution in [-0.4, -0.2) is 116 Å². The highest BCUT2D eigenvalue weighted by atomic mass is 19.4. The number of carboxylic acid groups (broad SMARTS) is 3. The Morgan fingerprint density at radius 2 is 1.45 bits per heavy atom. The minimum Gasteiger partial charge on any atom is -0.506 e. The number of ether oxygens (including phenoxy) is 2. The minimum absolute atomic E-state index is 0.129. The van der Waals surface area contributed by atoms with Gasteiger partial charge in [0.2, 0.25) is 5.95 Å². The lowest BCUT2D eigenvalue weighted by atomic mass is 9.80. The molecule has 0 saturated carbocycles. The van der Waals surface area contributed by atoms with Crippen LogP contribution in [-0.2, 0) is 42.4 Å². The number of aromatic hydroxyl groups is 1. The second-order valence-electron chi connectivity index (χ2n) is 11.1. The molecule has 5 heterocycles. The van der Waals surface area contributed by atoms with Crippen molar-refractivity contribution >= 4 is 23.9 Å². The van der Waals surface area contributed by atoms with Gasteiger partial charge in [0.25, 0.3) is 0 Å². The summed E-state index contributed by atoms with van der Waals surface area (Å²) in [5, 5.41) is 34.9. The van der Waals surface area contributed by atoms with E-state index in [0.29, 0.717) is 37.3 Å². The molecule has 2 fully saturated rings. The van der Waals surface area contributed by atoms with Crippen molar-refractivity contribution in [3.63, 3.8) is 0 Å². The van der Waals surface area contributed by atoms with Crippen LogP contribution >= 0.6 is 0 Å². The summed E-state index contributed by atoms with van der Waals surface area (Å²) in [6.45, 7) is 6.21. The normalized spacial score (nSPS) is 19.2. The van der Waals surface area contributed by atoms with Gasteiger partial charge in [-0.05, 0) is 43.9 Å². The second kappa shape index (κ2) is 18.1. The summed E-state index contributed by atoms with van der Waals surface area (Å²) in [7, 11) is 0. The van der Waals surface area contributed by atoms with E-state index in [4.69, 9.17) is 44.2 Å². The lowest BCUT2D eigenvalue weighted by Gasteiger charge is -2.34. The van der Waals surface area contributed by atoms with E-state index >= 15 is 0 Å². The highest BCUT2D eigenvalue weighted by molar-refractivity contribution is 5.73. The summed E-state index contributed by atoms with van der Waals surface area (Å²) in [5.41, 5.74) is 2.79. The number of aromatic nitrogens is 3. The van der Waals surface area contributed by atoms with Crippen LogP contribution in [0.4, 0.5) is 45.5 Å². The van der Waals surface area contributed by atoms with Gasteiger partial charge in [0.1, 0.15) is 5.75 Å². The number of halogens is 9. The van der Waals surface area contributed by atoms with Crippen molar-refractivity contribution in [2.24, 2.45) is 5.92 Å². The van der Waals surface area contributed by atoms with Crippen LogP contribution in [0, 0.1) is 5.92 Å². The van der Waals surface area contributed by atoms with Crippen molar-refractivity contribution in [2.75, 3.05) is 44.8 Å². The number of aliphatic carboxylic acids is 3. The predicted octanol–water partition coefficient (Wildman–Crippen LogP) is 3.99. The van der Waals surface area contributed by atoms with Crippen molar-refractivity contribution < 1.29 is 83.8 Å². The minimum atomic E-state index is -5.08. The molecule has 3 aliphatic rings. The van der Waals surface area contributed by atoms with E-state index in [1.165, 1.54) is 0 Å². The number of nitrogens with one attached hydrogen (secondary N) is 1. The Labute approximate surface area is 282 Å². The molecule has 286 valence electrons. The number of nitrogens with zero attached hydrogens (tertiary/aromatic N) is 4. The maximum Gasteiger partial charge on any atom is 0.490 e. The summed E-state index contributed by atoms with van der Waals surface area (Å²) >= 11 is 0. The Morgan fingerprint density at radius 1 is 0.902 bits per heavy atom. The van der Waals surface area contributed by atoms with Crippen LogP contribution < -0.4 is 5.32 Å². The van der Waals surface area contributed by atoms with Gasteiger partial charge in [-0.3, -0.25) is 9.88 Å². The van der Waals surface area contributed by atoms with Crippen LogP contribution in [0.15, 0.2) is 24.5 Å². The third kappa shape index (κ3) is 14.0. The molecule has 0 amide bonds. The number of anilines is 1. The number of carboxylic acids is 3. The van der Waals surface area contributed by atoms with Gasteiger partial charge >= 0.3 is 36.4 Å². The second-order valence-corrected chi connectivity index (χ2v) is 11.1. The third-order valence-corrected chi connectivity index (χ3v) is 7.29. The predicted molar refractivity (Wildman–Crippen MR) is 152 cm³/mol. The van der Waals surface area contributed by atoms with E-state index in [1.54, 1.807) is 18.3 Å². The molecule has 3 aliphatic heterocycles. The molecule has 14 nitrogen and oxygen atoms in total. The molecule has 23 heteroatoms. The molecule has 5 rings (SSSR count). The summed E-state index contributed by atoms with van der Waals surface area (Å²) < 4.78 is 107. The van der Waals surface area contributed by atoms with Gasteiger partial charge in [-0.25, -0.2) is 24.4 Å². The van der Waals surface area contributed by atoms with Gasteiger partial charge in [-0.2, -0.15) is 39.5 Å². The first-order valence-electron chi connectivity index (χ1n) is 14.6. The Morgan fingerprint density at radius 3 is 1.96 bits per heavy atom. The van der Waals surface area contributed by atoms with Crippen molar-refractivity contribution in [2.45, 2.75) is 56.4 Å². The maximum atomic E-state index is 10.6. The van der Waals surface area contributed by atoms with Crippen LogP contribution in [0.2, 0.25) is 0 Å². The Balaban J connectivity index is 0.000000352. The number of likely N-dealkylation sites (tertiary alicyclic amines) is 1. The van der Waals surface area contributed by atoms with Gasteiger partial charge in [0.15, 0.2) is 0 Å². The zero-order chi connectivity index (χ0) is 38.6. The molecule has 1 unspecified atom stereocenters. The van der Waals surface area contributed by atoms with E-state index in [9.17, 15) is 44.6 Å². The fourth-order valence-electron chi connectivity index (χ4n) is 4.84. The van der Waals surface area contributed by atoms with Crippen LogP contribution in [0.1, 0.15) is 36.2 Å². The van der Waals surface area contributed by atoms with Gasteiger partial charge < -0.3 is 35.2 Å². The standard InChI is InChI=1S/C22H29N5O3.3C2HF3O2/c28-19-2-1-6-23-18(19)12-27-7-5-22(14-27)15-30-13-17-11-25-21(26-20(17)22)24-10-16-3-8-29-9-4-16;3*3-2(4,5)1(6)7/h1-2,6,11,16,28H,3-5,7-10,12-15H2,(H,24,25,26);3*(H,6,7). The smallest absolute Gasteiger partial charge is 0.490 e. The van der Waals surface area contributed by atoms with Crippen molar-refractivity contribution in [1.29, 1.82) is 0 Å². The zero-order valence-corrected chi connectivity index (χ0v) is 26.2. The summed E-state index contributed by atoms with van der Waals surface area (Å²) in [4.78, 5) is 42.9. The molecular formula is C28H32F9N5O9. The van der Waals surface area contributed by atoms with E-state index in [0.717, 1.165) is 63.4 Å². The molecule has 0 aromatic carbocycles. The molecule has 0 bridgehead atoms. The van der Waals surface area contributed by atoms with Gasteiger partial charge in [0.05, 0.1) is 30.0 Å².